The smallest absolute Gasteiger partial charge is 0.161 e. The van der Waals surface area contributed by atoms with Gasteiger partial charge in [0.05, 0.1) is 19.8 Å². The predicted molar refractivity (Wildman–Crippen MR) is 75.4 cm³/mol. The molecule has 1 N–H and O–H groups in total. The minimum atomic E-state index is -0.473. The lowest BCUT2D eigenvalue weighted by Crippen LogP contribution is -2.40. The van der Waals surface area contributed by atoms with Gasteiger partial charge in [0, 0.05) is 0 Å². The fourth-order valence-corrected chi connectivity index (χ4v) is 1.92. The van der Waals surface area contributed by atoms with Crippen LogP contribution in [0.5, 0.6) is 11.5 Å². The monoisotopic (exact) mass is 262 g/mol. The van der Waals surface area contributed by atoms with Gasteiger partial charge in [0.25, 0.3) is 0 Å². The minimum Gasteiger partial charge on any atom is -0.493 e. The van der Waals surface area contributed by atoms with Gasteiger partial charge in [-0.3, -0.25) is 5.32 Å². The van der Waals surface area contributed by atoms with Crippen molar-refractivity contribution in [3.8, 4) is 17.6 Å². The van der Waals surface area contributed by atoms with Crippen molar-refractivity contribution in [2.45, 2.75) is 32.2 Å². The number of hydrogen-bond acceptors (Lipinski definition) is 4. The van der Waals surface area contributed by atoms with Gasteiger partial charge in [0.2, 0.25) is 0 Å². The summed E-state index contributed by atoms with van der Waals surface area (Å²) in [4.78, 5) is 0. The molecular weight excluding hydrogens is 240 g/mol. The maximum Gasteiger partial charge on any atom is 0.161 e. The Labute approximate surface area is 115 Å². The quantitative estimate of drug-likeness (QED) is 0.732. The van der Waals surface area contributed by atoms with Crippen molar-refractivity contribution in [1.82, 2.24) is 5.32 Å². The Hall–Kier alpha value is -1.73. The normalized spacial score (nSPS) is 13.4. The van der Waals surface area contributed by atoms with E-state index in [2.05, 4.69) is 11.4 Å². The number of nitrogens with one attached hydrogen (secondary N) is 1. The van der Waals surface area contributed by atoms with Crippen LogP contribution in [0.15, 0.2) is 24.3 Å². The highest BCUT2D eigenvalue weighted by Crippen LogP contribution is 2.26. The zero-order valence-corrected chi connectivity index (χ0v) is 11.9. The third kappa shape index (κ3) is 4.80. The van der Waals surface area contributed by atoms with E-state index in [1.165, 1.54) is 0 Å². The number of ether oxygens (including phenoxy) is 2. The second-order valence-electron chi connectivity index (χ2n) is 4.58. The molecule has 0 aromatic heterocycles. The summed E-state index contributed by atoms with van der Waals surface area (Å²) < 4.78 is 10.9. The van der Waals surface area contributed by atoms with Crippen LogP contribution in [0, 0.1) is 11.3 Å². The lowest BCUT2D eigenvalue weighted by molar-refractivity contribution is 0.271. The van der Waals surface area contributed by atoms with Crippen LogP contribution in [0.3, 0.4) is 0 Å². The second kappa shape index (κ2) is 7.65. The third-order valence-electron chi connectivity index (χ3n) is 2.96. The number of methoxy groups -OCH3 is 1. The molecule has 1 aromatic carbocycles. The number of rotatable bonds is 8. The van der Waals surface area contributed by atoms with Crippen molar-refractivity contribution in [2.75, 3.05) is 20.3 Å². The molecule has 0 heterocycles. The Bertz CT molecular complexity index is 428. The first kappa shape index (κ1) is 15.3. The Kier molecular flexibility index (Phi) is 6.17. The molecular formula is C15H22N2O2. The van der Waals surface area contributed by atoms with Gasteiger partial charge in [-0.15, -0.1) is 0 Å². The predicted octanol–water partition coefficient (Wildman–Crippen LogP) is 2.75. The highest BCUT2D eigenvalue weighted by atomic mass is 16.5. The Balaban J connectivity index is 2.41. The number of hydrogen-bond donors (Lipinski definition) is 1. The van der Waals surface area contributed by atoms with E-state index in [4.69, 9.17) is 14.7 Å². The van der Waals surface area contributed by atoms with Crippen LogP contribution in [0.2, 0.25) is 0 Å². The van der Waals surface area contributed by atoms with Crippen LogP contribution >= 0.6 is 0 Å². The first-order valence-corrected chi connectivity index (χ1v) is 6.57. The molecule has 0 saturated heterocycles. The third-order valence-corrected chi connectivity index (χ3v) is 2.96. The Morgan fingerprint density at radius 3 is 2.58 bits per heavy atom. The van der Waals surface area contributed by atoms with E-state index in [0.29, 0.717) is 6.61 Å². The average molecular weight is 262 g/mol. The van der Waals surface area contributed by atoms with Crippen molar-refractivity contribution < 1.29 is 9.47 Å². The van der Waals surface area contributed by atoms with Gasteiger partial charge < -0.3 is 9.47 Å². The molecule has 4 heteroatoms. The van der Waals surface area contributed by atoms with E-state index in [1.807, 2.05) is 38.1 Å². The summed E-state index contributed by atoms with van der Waals surface area (Å²) in [5.74, 6) is 1.48. The first-order valence-electron chi connectivity index (χ1n) is 6.57. The molecule has 0 aliphatic heterocycles. The Morgan fingerprint density at radius 2 is 2.00 bits per heavy atom. The highest BCUT2D eigenvalue weighted by Gasteiger charge is 2.21. The van der Waals surface area contributed by atoms with E-state index in [9.17, 15) is 0 Å². The van der Waals surface area contributed by atoms with Gasteiger partial charge in [0.1, 0.15) is 5.54 Å². The van der Waals surface area contributed by atoms with E-state index in [-0.39, 0.29) is 0 Å². The average Bonchev–Trinajstić information content (AvgIpc) is 2.44. The van der Waals surface area contributed by atoms with Crippen LogP contribution in [-0.4, -0.2) is 25.8 Å². The molecule has 0 bridgehead atoms. The SMILES string of the molecule is CCNC(C)(C#N)CCCOc1ccccc1OC. The van der Waals surface area contributed by atoms with E-state index >= 15 is 0 Å². The summed E-state index contributed by atoms with van der Waals surface area (Å²) in [6.45, 7) is 5.28. The van der Waals surface area contributed by atoms with Gasteiger partial charge in [-0.2, -0.15) is 5.26 Å². The topological polar surface area (TPSA) is 54.3 Å². The first-order chi connectivity index (χ1) is 9.15. The summed E-state index contributed by atoms with van der Waals surface area (Å²) in [7, 11) is 1.63. The van der Waals surface area contributed by atoms with Crippen LogP contribution in [-0.2, 0) is 0 Å². The lowest BCUT2D eigenvalue weighted by atomic mass is 9.98. The van der Waals surface area contributed by atoms with E-state index < -0.39 is 5.54 Å². The molecule has 0 fully saturated rings. The number of para-hydroxylation sites is 2. The van der Waals surface area contributed by atoms with Gasteiger partial charge in [-0.1, -0.05) is 19.1 Å². The van der Waals surface area contributed by atoms with Crippen LogP contribution in [0.25, 0.3) is 0 Å². The molecule has 0 aliphatic carbocycles. The highest BCUT2D eigenvalue weighted by molar-refractivity contribution is 5.39. The second-order valence-corrected chi connectivity index (χ2v) is 4.58. The molecule has 1 unspecified atom stereocenters. The van der Waals surface area contributed by atoms with E-state index in [1.54, 1.807) is 7.11 Å². The molecule has 4 nitrogen and oxygen atoms in total. The van der Waals surface area contributed by atoms with Gasteiger partial charge in [-0.05, 0) is 38.4 Å². The molecule has 0 aliphatic rings. The lowest BCUT2D eigenvalue weighted by Gasteiger charge is -2.22. The molecule has 0 amide bonds. The largest absolute Gasteiger partial charge is 0.493 e. The number of nitrogens with zero attached hydrogens (tertiary/aromatic N) is 1. The summed E-state index contributed by atoms with van der Waals surface area (Å²) in [5.41, 5.74) is -0.473. The summed E-state index contributed by atoms with van der Waals surface area (Å²) >= 11 is 0. The van der Waals surface area contributed by atoms with Gasteiger partial charge in [0.15, 0.2) is 11.5 Å². The van der Waals surface area contributed by atoms with Crippen LogP contribution in [0.4, 0.5) is 0 Å². The molecule has 0 spiro atoms. The Morgan fingerprint density at radius 1 is 1.32 bits per heavy atom. The van der Waals surface area contributed by atoms with E-state index in [0.717, 1.165) is 30.9 Å². The zero-order valence-electron chi connectivity index (χ0n) is 11.9. The van der Waals surface area contributed by atoms with Gasteiger partial charge >= 0.3 is 0 Å². The van der Waals surface area contributed by atoms with Gasteiger partial charge in [-0.25, -0.2) is 0 Å². The van der Waals surface area contributed by atoms with Crippen molar-refractivity contribution in [1.29, 1.82) is 5.26 Å². The van der Waals surface area contributed by atoms with Crippen molar-refractivity contribution >= 4 is 0 Å². The van der Waals surface area contributed by atoms with Crippen LogP contribution in [0.1, 0.15) is 26.7 Å². The van der Waals surface area contributed by atoms with Crippen molar-refractivity contribution in [2.24, 2.45) is 0 Å². The minimum absolute atomic E-state index is 0.473. The zero-order chi connectivity index (χ0) is 14.1. The molecule has 1 rings (SSSR count). The molecule has 0 saturated carbocycles. The summed E-state index contributed by atoms with van der Waals surface area (Å²) in [6, 6.07) is 9.88. The summed E-state index contributed by atoms with van der Waals surface area (Å²) in [6.07, 6.45) is 1.57. The molecule has 104 valence electrons. The number of benzene rings is 1. The van der Waals surface area contributed by atoms with Crippen molar-refractivity contribution in [3.05, 3.63) is 24.3 Å². The maximum atomic E-state index is 9.14. The molecule has 1 aromatic rings. The number of nitriles is 1. The molecule has 19 heavy (non-hydrogen) atoms. The fourth-order valence-electron chi connectivity index (χ4n) is 1.92. The summed E-state index contributed by atoms with van der Waals surface area (Å²) in [5, 5.41) is 12.3. The standard InChI is InChI=1S/C15H22N2O2/c1-4-17-15(2,12-16)10-7-11-19-14-9-6-5-8-13(14)18-3/h5-6,8-9,17H,4,7,10-11H2,1-3H3. The maximum absolute atomic E-state index is 9.14. The molecule has 1 atom stereocenters. The van der Waals surface area contributed by atoms with Crippen molar-refractivity contribution in [3.63, 3.8) is 0 Å². The fraction of sp³-hybridized carbons (Fsp3) is 0.533. The molecule has 0 radical (unpaired) electrons. The van der Waals surface area contributed by atoms with Crippen LogP contribution < -0.4 is 14.8 Å².